The number of nitrogens with one attached hydrogen (secondary N) is 1. The summed E-state index contributed by atoms with van der Waals surface area (Å²) in [6.07, 6.45) is 1.73. The number of nitrogen functional groups attached to an aromatic ring is 1. The standard InChI is InChI=1S/C16H20N4S/c1-16(2)10-20(7-8-21-16)14-11-5-3-4-6-13(11)19-9-12(14)15(17)18/h3-6,9H,7-8,10H2,1-2H3,(H3,17,18). The number of benzene rings is 1. The molecule has 1 aliphatic rings. The maximum absolute atomic E-state index is 7.87. The van der Waals surface area contributed by atoms with Crippen LogP contribution in [0.25, 0.3) is 10.9 Å². The van der Waals surface area contributed by atoms with Crippen LogP contribution in [-0.4, -0.2) is 34.4 Å². The molecule has 1 aromatic heterocycles. The normalized spacial score (nSPS) is 17.9. The molecule has 4 nitrogen and oxygen atoms in total. The van der Waals surface area contributed by atoms with Crippen LogP contribution in [0.5, 0.6) is 0 Å². The monoisotopic (exact) mass is 300 g/mol. The number of aromatic nitrogens is 1. The van der Waals surface area contributed by atoms with Gasteiger partial charge in [0, 0.05) is 35.2 Å². The molecule has 1 aromatic carbocycles. The topological polar surface area (TPSA) is 66.0 Å². The van der Waals surface area contributed by atoms with Crippen molar-refractivity contribution in [3.63, 3.8) is 0 Å². The third-order valence-corrected chi connectivity index (χ3v) is 5.08. The van der Waals surface area contributed by atoms with Gasteiger partial charge in [0.1, 0.15) is 5.84 Å². The Morgan fingerprint density at radius 3 is 2.86 bits per heavy atom. The lowest BCUT2D eigenvalue weighted by molar-refractivity contribution is 0.648. The first-order chi connectivity index (χ1) is 9.98. The maximum Gasteiger partial charge on any atom is 0.126 e. The fourth-order valence-corrected chi connectivity index (χ4v) is 3.98. The van der Waals surface area contributed by atoms with Crippen molar-refractivity contribution in [2.24, 2.45) is 5.73 Å². The minimum Gasteiger partial charge on any atom is -0.384 e. The number of nitrogens with zero attached hydrogens (tertiary/aromatic N) is 2. The van der Waals surface area contributed by atoms with Crippen molar-refractivity contribution in [2.75, 3.05) is 23.7 Å². The number of pyridine rings is 1. The van der Waals surface area contributed by atoms with Crippen molar-refractivity contribution in [2.45, 2.75) is 18.6 Å². The van der Waals surface area contributed by atoms with Crippen molar-refractivity contribution in [3.05, 3.63) is 36.0 Å². The number of fused-ring (bicyclic) bond motifs is 1. The molecule has 0 spiro atoms. The van der Waals surface area contributed by atoms with Gasteiger partial charge in [0.25, 0.3) is 0 Å². The SMILES string of the molecule is CC1(C)CN(c2c(C(=N)N)cnc3ccccc23)CCS1. The summed E-state index contributed by atoms with van der Waals surface area (Å²) in [6.45, 7) is 6.45. The Kier molecular flexibility index (Phi) is 3.53. The van der Waals surface area contributed by atoms with Crippen LogP contribution in [0.2, 0.25) is 0 Å². The summed E-state index contributed by atoms with van der Waals surface area (Å²) in [4.78, 5) is 6.80. The summed E-state index contributed by atoms with van der Waals surface area (Å²) < 4.78 is 0.205. The summed E-state index contributed by atoms with van der Waals surface area (Å²) in [6, 6.07) is 8.08. The van der Waals surface area contributed by atoms with Gasteiger partial charge in [0.05, 0.1) is 16.8 Å². The number of anilines is 1. The van der Waals surface area contributed by atoms with Crippen molar-refractivity contribution in [1.29, 1.82) is 5.41 Å². The molecule has 21 heavy (non-hydrogen) atoms. The van der Waals surface area contributed by atoms with Crippen LogP contribution < -0.4 is 10.6 Å². The zero-order chi connectivity index (χ0) is 15.0. The second-order valence-corrected chi connectivity index (χ2v) is 7.78. The van der Waals surface area contributed by atoms with Gasteiger partial charge in [-0.2, -0.15) is 11.8 Å². The van der Waals surface area contributed by atoms with Crippen molar-refractivity contribution >= 4 is 34.2 Å². The van der Waals surface area contributed by atoms with E-state index in [9.17, 15) is 0 Å². The van der Waals surface area contributed by atoms with E-state index in [0.717, 1.165) is 41.0 Å². The van der Waals surface area contributed by atoms with Crippen LogP contribution in [0.4, 0.5) is 5.69 Å². The van der Waals surface area contributed by atoms with E-state index in [1.54, 1.807) is 6.20 Å². The Bertz CT molecular complexity index is 696. The third-order valence-electron chi connectivity index (χ3n) is 3.78. The van der Waals surface area contributed by atoms with Crippen molar-refractivity contribution in [1.82, 2.24) is 4.98 Å². The molecule has 1 fully saturated rings. The average Bonchev–Trinajstić information content (AvgIpc) is 2.44. The van der Waals surface area contributed by atoms with Gasteiger partial charge >= 0.3 is 0 Å². The first-order valence-corrected chi connectivity index (χ1v) is 8.07. The van der Waals surface area contributed by atoms with Crippen LogP contribution >= 0.6 is 11.8 Å². The first-order valence-electron chi connectivity index (χ1n) is 7.09. The summed E-state index contributed by atoms with van der Waals surface area (Å²) in [5.41, 5.74) is 8.53. The highest BCUT2D eigenvalue weighted by Gasteiger charge is 2.29. The number of hydrogen-bond donors (Lipinski definition) is 2. The zero-order valence-corrected chi connectivity index (χ0v) is 13.2. The van der Waals surface area contributed by atoms with Crippen LogP contribution in [0.3, 0.4) is 0 Å². The second kappa shape index (κ2) is 5.22. The van der Waals surface area contributed by atoms with Crippen LogP contribution in [0, 0.1) is 5.41 Å². The molecule has 0 radical (unpaired) electrons. The molecule has 2 heterocycles. The highest BCUT2D eigenvalue weighted by atomic mass is 32.2. The largest absolute Gasteiger partial charge is 0.384 e. The molecule has 0 atom stereocenters. The number of para-hydroxylation sites is 1. The number of amidine groups is 1. The Hall–Kier alpha value is -1.75. The highest BCUT2D eigenvalue weighted by Crippen LogP contribution is 2.36. The predicted molar refractivity (Wildman–Crippen MR) is 91.5 cm³/mol. The number of hydrogen-bond acceptors (Lipinski definition) is 4. The molecule has 0 saturated carbocycles. The van der Waals surface area contributed by atoms with Crippen LogP contribution in [0.15, 0.2) is 30.5 Å². The Morgan fingerprint density at radius 2 is 2.14 bits per heavy atom. The Labute approximate surface area is 129 Å². The van der Waals surface area contributed by atoms with Gasteiger partial charge in [0.2, 0.25) is 0 Å². The molecule has 0 aliphatic carbocycles. The van der Waals surface area contributed by atoms with E-state index in [-0.39, 0.29) is 10.6 Å². The van der Waals surface area contributed by atoms with Crippen LogP contribution in [0.1, 0.15) is 19.4 Å². The molecule has 2 aromatic rings. The fraction of sp³-hybridized carbons (Fsp3) is 0.375. The van der Waals surface area contributed by atoms with E-state index >= 15 is 0 Å². The van der Waals surface area contributed by atoms with Crippen LogP contribution in [-0.2, 0) is 0 Å². The van der Waals surface area contributed by atoms with Gasteiger partial charge in [-0.15, -0.1) is 0 Å². The van der Waals surface area contributed by atoms with Crippen molar-refractivity contribution in [3.8, 4) is 0 Å². The van der Waals surface area contributed by atoms with Crippen molar-refractivity contribution < 1.29 is 0 Å². The molecule has 0 unspecified atom stereocenters. The van der Waals surface area contributed by atoms with Gasteiger partial charge in [-0.05, 0) is 19.9 Å². The van der Waals surface area contributed by atoms with E-state index < -0.39 is 0 Å². The lowest BCUT2D eigenvalue weighted by Crippen LogP contribution is -2.44. The Morgan fingerprint density at radius 1 is 1.38 bits per heavy atom. The number of rotatable bonds is 2. The quantitative estimate of drug-likeness (QED) is 0.661. The average molecular weight is 300 g/mol. The molecule has 1 aliphatic heterocycles. The molecule has 1 saturated heterocycles. The van der Waals surface area contributed by atoms with Gasteiger partial charge in [-0.3, -0.25) is 10.4 Å². The minimum absolute atomic E-state index is 0.0827. The molecule has 3 rings (SSSR count). The van der Waals surface area contributed by atoms with Gasteiger partial charge < -0.3 is 10.6 Å². The van der Waals surface area contributed by atoms with Gasteiger partial charge in [-0.25, -0.2) is 0 Å². The summed E-state index contributed by atoms with van der Waals surface area (Å²) in [7, 11) is 0. The molecular weight excluding hydrogens is 280 g/mol. The molecule has 0 bridgehead atoms. The molecule has 5 heteroatoms. The second-order valence-electron chi connectivity index (χ2n) is 5.98. The van der Waals surface area contributed by atoms with E-state index in [4.69, 9.17) is 11.1 Å². The predicted octanol–water partition coefficient (Wildman–Crippen LogP) is 2.85. The molecule has 0 amide bonds. The summed E-state index contributed by atoms with van der Waals surface area (Å²) in [5.74, 6) is 1.17. The molecular formula is C16H20N4S. The smallest absolute Gasteiger partial charge is 0.126 e. The number of nitrogens with two attached hydrogens (primary N) is 1. The molecule has 3 N–H and O–H groups in total. The van der Waals surface area contributed by atoms with E-state index in [2.05, 4.69) is 29.8 Å². The lowest BCUT2D eigenvalue weighted by Gasteiger charge is -2.40. The van der Waals surface area contributed by atoms with E-state index in [0.29, 0.717) is 0 Å². The van der Waals surface area contributed by atoms with E-state index in [1.807, 2.05) is 30.0 Å². The summed E-state index contributed by atoms with van der Waals surface area (Å²) in [5, 5.41) is 8.95. The first kappa shape index (κ1) is 14.2. The fourth-order valence-electron chi connectivity index (χ4n) is 2.87. The summed E-state index contributed by atoms with van der Waals surface area (Å²) >= 11 is 2.00. The lowest BCUT2D eigenvalue weighted by atomic mass is 10.1. The highest BCUT2D eigenvalue weighted by molar-refractivity contribution is 8.00. The number of thioether (sulfide) groups is 1. The van der Waals surface area contributed by atoms with E-state index in [1.165, 1.54) is 0 Å². The Balaban J connectivity index is 2.18. The van der Waals surface area contributed by atoms with Gasteiger partial charge in [-0.1, -0.05) is 18.2 Å². The third kappa shape index (κ3) is 2.70. The minimum atomic E-state index is 0.0827. The zero-order valence-electron chi connectivity index (χ0n) is 12.4. The maximum atomic E-state index is 7.87. The van der Waals surface area contributed by atoms with Gasteiger partial charge in [0.15, 0.2) is 0 Å². The molecule has 110 valence electrons.